The number of pyridine rings is 1. The second kappa shape index (κ2) is 7.67. The largest absolute Gasteiger partial charge is 0.361 e. The summed E-state index contributed by atoms with van der Waals surface area (Å²) >= 11 is 6.85. The van der Waals surface area contributed by atoms with E-state index in [1.165, 1.54) is 11.3 Å². The molecule has 0 atom stereocenters. The lowest BCUT2D eigenvalue weighted by atomic mass is 10.3. The van der Waals surface area contributed by atoms with Gasteiger partial charge in [-0.2, -0.15) is 0 Å². The van der Waals surface area contributed by atoms with Gasteiger partial charge in [0.2, 0.25) is 0 Å². The molecule has 1 aliphatic rings. The molecular formula is C16H19N5OS2. The maximum Gasteiger partial charge on any atom is 0.291 e. The number of nitrogens with zero attached hydrogens (tertiary/aromatic N) is 4. The molecule has 24 heavy (non-hydrogen) atoms. The van der Waals surface area contributed by atoms with E-state index in [2.05, 4.69) is 22.2 Å². The number of aromatic nitrogens is 2. The van der Waals surface area contributed by atoms with Gasteiger partial charge in [-0.05, 0) is 37.2 Å². The summed E-state index contributed by atoms with van der Waals surface area (Å²) in [5.74, 6) is -0.112. The van der Waals surface area contributed by atoms with Crippen LogP contribution in [0.3, 0.4) is 0 Å². The summed E-state index contributed by atoms with van der Waals surface area (Å²) in [5.41, 5.74) is 1.36. The highest BCUT2D eigenvalue weighted by Crippen LogP contribution is 2.24. The fourth-order valence-corrected chi connectivity index (χ4v) is 3.56. The molecule has 0 spiro atoms. The van der Waals surface area contributed by atoms with Crippen molar-refractivity contribution < 1.29 is 4.79 Å². The lowest BCUT2D eigenvalue weighted by molar-refractivity contribution is 0.0486. The molecule has 126 valence electrons. The maximum atomic E-state index is 12.8. The Labute approximate surface area is 150 Å². The normalized spacial score (nSPS) is 14.0. The highest BCUT2D eigenvalue weighted by Gasteiger charge is 2.30. The van der Waals surface area contributed by atoms with Gasteiger partial charge in [-0.15, -0.1) is 11.3 Å². The fraction of sp³-hybridized carbons (Fsp3) is 0.375. The second-order valence-electron chi connectivity index (χ2n) is 5.42. The minimum atomic E-state index is -0.112. The number of rotatable bonds is 4. The van der Waals surface area contributed by atoms with E-state index in [0.29, 0.717) is 17.4 Å². The van der Waals surface area contributed by atoms with Crippen LogP contribution in [-0.2, 0) is 0 Å². The van der Waals surface area contributed by atoms with Crippen LogP contribution in [0.2, 0.25) is 0 Å². The Kier molecular flexibility index (Phi) is 5.37. The van der Waals surface area contributed by atoms with Gasteiger partial charge in [0.15, 0.2) is 5.11 Å². The topological polar surface area (TPSA) is 61.4 Å². The molecule has 2 aromatic heterocycles. The first-order valence-electron chi connectivity index (χ1n) is 7.93. The van der Waals surface area contributed by atoms with Crippen LogP contribution in [0.1, 0.15) is 30.3 Å². The summed E-state index contributed by atoms with van der Waals surface area (Å²) < 4.78 is 0. The molecule has 1 aliphatic heterocycles. The van der Waals surface area contributed by atoms with Crippen LogP contribution in [0.15, 0.2) is 29.9 Å². The average molecular weight is 361 g/mol. The molecule has 0 saturated carbocycles. The number of amides is 1. The third-order valence-electron chi connectivity index (χ3n) is 3.66. The first kappa shape index (κ1) is 16.8. The number of carbonyl (C=O) groups excluding carboxylic acids is 1. The summed E-state index contributed by atoms with van der Waals surface area (Å²) in [6, 6.07) is 3.80. The number of thiazole rings is 1. The van der Waals surface area contributed by atoms with E-state index in [4.69, 9.17) is 12.2 Å². The van der Waals surface area contributed by atoms with Crippen LogP contribution in [0, 0.1) is 0 Å². The van der Waals surface area contributed by atoms with Crippen molar-refractivity contribution in [2.45, 2.75) is 19.8 Å². The van der Waals surface area contributed by atoms with Crippen LogP contribution >= 0.6 is 23.6 Å². The Balaban J connectivity index is 1.74. The first-order valence-corrected chi connectivity index (χ1v) is 9.22. The summed E-state index contributed by atoms with van der Waals surface area (Å²) in [6.07, 6.45) is 5.36. The molecule has 0 radical (unpaired) electrons. The molecule has 1 N–H and O–H groups in total. The molecule has 1 saturated heterocycles. The van der Waals surface area contributed by atoms with Crippen molar-refractivity contribution in [3.05, 3.63) is 35.6 Å². The predicted molar refractivity (Wildman–Crippen MR) is 98.6 cm³/mol. The highest BCUT2D eigenvalue weighted by molar-refractivity contribution is 7.80. The zero-order valence-electron chi connectivity index (χ0n) is 13.4. The van der Waals surface area contributed by atoms with E-state index in [0.717, 1.165) is 36.5 Å². The Bertz CT molecular complexity index is 718. The molecule has 0 aromatic carbocycles. The first-order chi connectivity index (χ1) is 11.7. The number of hydrogen-bond acceptors (Lipinski definition) is 5. The molecule has 1 fully saturated rings. The quantitative estimate of drug-likeness (QED) is 0.845. The number of nitrogens with one attached hydrogen (secondary N) is 1. The number of hydrogen-bond donors (Lipinski definition) is 1. The fourth-order valence-electron chi connectivity index (χ4n) is 2.48. The van der Waals surface area contributed by atoms with Crippen molar-refractivity contribution in [2.24, 2.45) is 0 Å². The lowest BCUT2D eigenvalue weighted by Gasteiger charge is -2.29. The standard InChI is InChI=1S/C16H19N5OS2/c1-2-6-18-16(23)21-9-4-8-20(21)15(22)13-11-24-14(19-13)12-5-3-7-17-10-12/h3,5,7,10-11H,2,4,6,8-9H2,1H3,(H,18,23). The maximum absolute atomic E-state index is 12.8. The van der Waals surface area contributed by atoms with Gasteiger partial charge in [0.25, 0.3) is 5.91 Å². The van der Waals surface area contributed by atoms with Gasteiger partial charge in [0.1, 0.15) is 10.7 Å². The van der Waals surface area contributed by atoms with Crippen LogP contribution in [0.5, 0.6) is 0 Å². The van der Waals surface area contributed by atoms with Gasteiger partial charge in [-0.1, -0.05) is 6.92 Å². The molecule has 3 heterocycles. The van der Waals surface area contributed by atoms with Crippen LogP contribution in [0.4, 0.5) is 0 Å². The lowest BCUT2D eigenvalue weighted by Crippen LogP contribution is -2.49. The van der Waals surface area contributed by atoms with Crippen LogP contribution in [0.25, 0.3) is 10.6 Å². The van der Waals surface area contributed by atoms with Gasteiger partial charge in [-0.25, -0.2) is 9.99 Å². The molecule has 0 unspecified atom stereocenters. The molecule has 2 aromatic rings. The molecule has 0 aliphatic carbocycles. The van der Waals surface area contributed by atoms with Crippen LogP contribution in [-0.4, -0.2) is 50.6 Å². The molecular weight excluding hydrogens is 342 g/mol. The number of thiocarbonyl (C=S) groups is 1. The summed E-state index contributed by atoms with van der Waals surface area (Å²) in [7, 11) is 0. The van der Waals surface area contributed by atoms with E-state index in [1.807, 2.05) is 17.1 Å². The third kappa shape index (κ3) is 3.54. The Morgan fingerprint density at radius 1 is 1.42 bits per heavy atom. The van der Waals surface area contributed by atoms with E-state index >= 15 is 0 Å². The molecule has 3 rings (SSSR count). The molecule has 0 bridgehead atoms. The van der Waals surface area contributed by atoms with Crippen molar-refractivity contribution in [3.8, 4) is 10.6 Å². The van der Waals surface area contributed by atoms with Gasteiger partial charge in [-0.3, -0.25) is 14.8 Å². The van der Waals surface area contributed by atoms with Crippen molar-refractivity contribution in [1.82, 2.24) is 25.3 Å². The number of hydrazine groups is 1. The molecule has 6 nitrogen and oxygen atoms in total. The summed E-state index contributed by atoms with van der Waals surface area (Å²) in [4.78, 5) is 21.4. The minimum Gasteiger partial charge on any atom is -0.361 e. The Morgan fingerprint density at radius 2 is 2.25 bits per heavy atom. The van der Waals surface area contributed by atoms with E-state index in [-0.39, 0.29) is 5.91 Å². The van der Waals surface area contributed by atoms with Gasteiger partial charge >= 0.3 is 0 Å². The zero-order valence-corrected chi connectivity index (χ0v) is 15.1. The minimum absolute atomic E-state index is 0.112. The monoisotopic (exact) mass is 361 g/mol. The van der Waals surface area contributed by atoms with E-state index in [9.17, 15) is 4.79 Å². The number of carbonyl (C=O) groups is 1. The predicted octanol–water partition coefficient (Wildman–Crippen LogP) is 2.55. The van der Waals surface area contributed by atoms with Gasteiger partial charge < -0.3 is 5.32 Å². The highest BCUT2D eigenvalue weighted by atomic mass is 32.1. The van der Waals surface area contributed by atoms with E-state index < -0.39 is 0 Å². The Hall–Kier alpha value is -2.06. The van der Waals surface area contributed by atoms with E-state index in [1.54, 1.807) is 22.8 Å². The average Bonchev–Trinajstić information content (AvgIpc) is 3.29. The summed E-state index contributed by atoms with van der Waals surface area (Å²) in [6.45, 7) is 4.30. The van der Waals surface area contributed by atoms with Crippen molar-refractivity contribution in [1.29, 1.82) is 0 Å². The molecule has 1 amide bonds. The van der Waals surface area contributed by atoms with Gasteiger partial charge in [0, 0.05) is 43.0 Å². The third-order valence-corrected chi connectivity index (χ3v) is 4.90. The van der Waals surface area contributed by atoms with Crippen molar-refractivity contribution in [2.75, 3.05) is 19.6 Å². The second-order valence-corrected chi connectivity index (χ2v) is 6.66. The Morgan fingerprint density at radius 3 is 3.00 bits per heavy atom. The zero-order chi connectivity index (χ0) is 16.9. The smallest absolute Gasteiger partial charge is 0.291 e. The van der Waals surface area contributed by atoms with Crippen molar-refractivity contribution in [3.63, 3.8) is 0 Å². The van der Waals surface area contributed by atoms with Crippen LogP contribution < -0.4 is 5.32 Å². The molecule has 8 heteroatoms. The SMILES string of the molecule is CCCNC(=S)N1CCCN1C(=O)c1csc(-c2cccnc2)n1. The van der Waals surface area contributed by atoms with Gasteiger partial charge in [0.05, 0.1) is 0 Å². The van der Waals surface area contributed by atoms with Crippen molar-refractivity contribution >= 4 is 34.6 Å². The summed E-state index contributed by atoms with van der Waals surface area (Å²) in [5, 5.41) is 9.90.